The summed E-state index contributed by atoms with van der Waals surface area (Å²) >= 11 is 0. The average Bonchev–Trinajstić information content (AvgIpc) is 2.72. The molecule has 0 bridgehead atoms. The molecule has 2 N–H and O–H groups in total. The molecule has 2 aliphatic heterocycles. The van der Waals surface area contributed by atoms with Crippen molar-refractivity contribution in [3.63, 3.8) is 0 Å². The molecule has 0 radical (unpaired) electrons. The van der Waals surface area contributed by atoms with Crippen molar-refractivity contribution < 1.29 is 4.79 Å². The van der Waals surface area contributed by atoms with Gasteiger partial charge in [-0.05, 0) is 18.9 Å². The quantitative estimate of drug-likeness (QED) is 0.653. The molecule has 5 heteroatoms. The van der Waals surface area contributed by atoms with Gasteiger partial charge < -0.3 is 5.32 Å². The van der Waals surface area contributed by atoms with Crippen LogP contribution in [0, 0.1) is 11.8 Å². The summed E-state index contributed by atoms with van der Waals surface area (Å²) in [5.74, 6) is 0.940. The molecule has 1 amide bonds. The lowest BCUT2D eigenvalue weighted by atomic mass is 9.97. The van der Waals surface area contributed by atoms with Crippen molar-refractivity contribution in [2.75, 3.05) is 26.2 Å². The Balaban J connectivity index is 0.000000980. The molecular formula is C9H18ClN3O. The zero-order chi connectivity index (χ0) is 9.26. The number of carbonyl (C=O) groups excluding carboxylic acids is 1. The van der Waals surface area contributed by atoms with Gasteiger partial charge in [0.2, 0.25) is 5.91 Å². The van der Waals surface area contributed by atoms with Crippen molar-refractivity contribution in [3.8, 4) is 0 Å². The van der Waals surface area contributed by atoms with Gasteiger partial charge in [0.15, 0.2) is 0 Å². The van der Waals surface area contributed by atoms with Gasteiger partial charge in [-0.15, -0.1) is 12.4 Å². The Morgan fingerprint density at radius 1 is 1.43 bits per heavy atom. The lowest BCUT2D eigenvalue weighted by Crippen LogP contribution is -2.42. The van der Waals surface area contributed by atoms with E-state index >= 15 is 0 Å². The molecule has 0 aromatic heterocycles. The monoisotopic (exact) mass is 219 g/mol. The second-order valence-electron chi connectivity index (χ2n) is 3.99. The maximum atomic E-state index is 11.9. The maximum absolute atomic E-state index is 11.9. The van der Waals surface area contributed by atoms with Gasteiger partial charge in [0.05, 0.1) is 5.92 Å². The summed E-state index contributed by atoms with van der Waals surface area (Å²) in [5, 5.41) is 5.04. The fourth-order valence-corrected chi connectivity index (χ4v) is 2.06. The van der Waals surface area contributed by atoms with E-state index in [-0.39, 0.29) is 24.2 Å². The van der Waals surface area contributed by atoms with Gasteiger partial charge in [0, 0.05) is 19.6 Å². The van der Waals surface area contributed by atoms with Crippen LogP contribution < -0.4 is 10.7 Å². The second-order valence-corrected chi connectivity index (χ2v) is 3.99. The Morgan fingerprint density at radius 2 is 2.21 bits per heavy atom. The molecule has 2 unspecified atom stereocenters. The maximum Gasteiger partial charge on any atom is 0.241 e. The minimum absolute atomic E-state index is 0. The van der Waals surface area contributed by atoms with Crippen LogP contribution in [-0.4, -0.2) is 37.1 Å². The first-order valence-electron chi connectivity index (χ1n) is 5.04. The molecule has 0 aromatic carbocycles. The molecule has 2 fully saturated rings. The van der Waals surface area contributed by atoms with E-state index in [0.29, 0.717) is 5.92 Å². The Morgan fingerprint density at radius 3 is 2.71 bits per heavy atom. The summed E-state index contributed by atoms with van der Waals surface area (Å²) in [6, 6.07) is 0. The molecule has 2 aliphatic rings. The van der Waals surface area contributed by atoms with Crippen LogP contribution in [0.1, 0.15) is 13.3 Å². The fraction of sp³-hybridized carbons (Fsp3) is 0.889. The molecule has 0 saturated carbocycles. The largest absolute Gasteiger partial charge is 0.316 e. The van der Waals surface area contributed by atoms with Crippen LogP contribution in [0.4, 0.5) is 0 Å². The number of carbonyl (C=O) groups is 1. The van der Waals surface area contributed by atoms with Crippen LogP contribution in [0.15, 0.2) is 0 Å². The standard InChI is InChI=1S/C9H17N3O.ClH/c1-7-5-10-6-8(7)9(13)12-4-2-3-11-12;/h7-8,10-11H,2-6H2,1H3;1H. The minimum atomic E-state index is 0. The van der Waals surface area contributed by atoms with Crippen molar-refractivity contribution in [1.82, 2.24) is 15.8 Å². The van der Waals surface area contributed by atoms with Crippen LogP contribution in [0.5, 0.6) is 0 Å². The summed E-state index contributed by atoms with van der Waals surface area (Å²) < 4.78 is 0. The summed E-state index contributed by atoms with van der Waals surface area (Å²) in [6.45, 7) is 5.78. The van der Waals surface area contributed by atoms with Gasteiger partial charge in [-0.25, -0.2) is 5.43 Å². The van der Waals surface area contributed by atoms with Gasteiger partial charge in [-0.2, -0.15) is 0 Å². The molecule has 2 heterocycles. The van der Waals surface area contributed by atoms with E-state index in [0.717, 1.165) is 32.6 Å². The van der Waals surface area contributed by atoms with E-state index in [1.54, 1.807) is 5.01 Å². The van der Waals surface area contributed by atoms with Crippen LogP contribution in [0.2, 0.25) is 0 Å². The molecule has 0 aromatic rings. The predicted octanol–water partition coefficient (Wildman–Crippen LogP) is 0.000600. The Labute approximate surface area is 90.8 Å². The van der Waals surface area contributed by atoms with Crippen LogP contribution >= 0.6 is 12.4 Å². The Hall–Kier alpha value is -0.320. The van der Waals surface area contributed by atoms with Crippen molar-refractivity contribution in [3.05, 3.63) is 0 Å². The highest BCUT2D eigenvalue weighted by Gasteiger charge is 2.33. The second kappa shape index (κ2) is 4.96. The molecule has 0 spiro atoms. The molecule has 2 atom stereocenters. The van der Waals surface area contributed by atoms with Gasteiger partial charge in [-0.3, -0.25) is 9.80 Å². The topological polar surface area (TPSA) is 44.4 Å². The smallest absolute Gasteiger partial charge is 0.241 e. The summed E-state index contributed by atoms with van der Waals surface area (Å²) in [4.78, 5) is 11.9. The molecule has 4 nitrogen and oxygen atoms in total. The number of halogens is 1. The highest BCUT2D eigenvalue weighted by atomic mass is 35.5. The van der Waals surface area contributed by atoms with E-state index in [2.05, 4.69) is 17.7 Å². The number of amides is 1. The lowest BCUT2D eigenvalue weighted by Gasteiger charge is -2.21. The average molecular weight is 220 g/mol. The van der Waals surface area contributed by atoms with Crippen LogP contribution in [0.3, 0.4) is 0 Å². The fourth-order valence-electron chi connectivity index (χ4n) is 2.06. The molecular weight excluding hydrogens is 202 g/mol. The molecule has 14 heavy (non-hydrogen) atoms. The number of nitrogens with one attached hydrogen (secondary N) is 2. The predicted molar refractivity (Wildman–Crippen MR) is 57.1 cm³/mol. The van der Waals surface area contributed by atoms with E-state index in [1.165, 1.54) is 0 Å². The summed E-state index contributed by atoms with van der Waals surface area (Å²) in [5.41, 5.74) is 3.11. The molecule has 2 rings (SSSR count). The van der Waals surface area contributed by atoms with E-state index in [1.807, 2.05) is 0 Å². The first kappa shape index (κ1) is 11.8. The van der Waals surface area contributed by atoms with Gasteiger partial charge in [0.1, 0.15) is 0 Å². The number of hydrazine groups is 1. The normalized spacial score (nSPS) is 31.6. The first-order valence-corrected chi connectivity index (χ1v) is 5.04. The van der Waals surface area contributed by atoms with Crippen LogP contribution in [0.25, 0.3) is 0 Å². The first-order chi connectivity index (χ1) is 6.29. The highest BCUT2D eigenvalue weighted by molar-refractivity contribution is 5.85. The molecule has 2 saturated heterocycles. The number of nitrogens with zero attached hydrogens (tertiary/aromatic N) is 1. The van der Waals surface area contributed by atoms with Gasteiger partial charge in [-0.1, -0.05) is 6.92 Å². The number of hydrogen-bond donors (Lipinski definition) is 2. The van der Waals surface area contributed by atoms with Crippen molar-refractivity contribution in [2.24, 2.45) is 11.8 Å². The summed E-state index contributed by atoms with van der Waals surface area (Å²) in [7, 11) is 0. The highest BCUT2D eigenvalue weighted by Crippen LogP contribution is 2.18. The van der Waals surface area contributed by atoms with E-state index in [9.17, 15) is 4.79 Å². The molecule has 82 valence electrons. The Kier molecular flexibility index (Phi) is 4.16. The SMILES string of the molecule is CC1CNCC1C(=O)N1CCCN1.Cl. The van der Waals surface area contributed by atoms with E-state index in [4.69, 9.17) is 0 Å². The lowest BCUT2D eigenvalue weighted by molar-refractivity contribution is -0.137. The third-order valence-corrected chi connectivity index (χ3v) is 2.96. The summed E-state index contributed by atoms with van der Waals surface area (Å²) in [6.07, 6.45) is 1.08. The van der Waals surface area contributed by atoms with Crippen molar-refractivity contribution in [2.45, 2.75) is 13.3 Å². The Bertz CT molecular complexity index is 206. The third-order valence-electron chi connectivity index (χ3n) is 2.96. The van der Waals surface area contributed by atoms with Gasteiger partial charge >= 0.3 is 0 Å². The van der Waals surface area contributed by atoms with Crippen LogP contribution in [-0.2, 0) is 4.79 Å². The van der Waals surface area contributed by atoms with Gasteiger partial charge in [0.25, 0.3) is 0 Å². The minimum Gasteiger partial charge on any atom is -0.316 e. The number of rotatable bonds is 1. The zero-order valence-electron chi connectivity index (χ0n) is 8.45. The zero-order valence-corrected chi connectivity index (χ0v) is 9.27. The third kappa shape index (κ3) is 2.19. The van der Waals surface area contributed by atoms with Crippen molar-refractivity contribution in [1.29, 1.82) is 0 Å². The molecule has 0 aliphatic carbocycles. The number of hydrogen-bond acceptors (Lipinski definition) is 3. The van der Waals surface area contributed by atoms with E-state index < -0.39 is 0 Å². The van der Waals surface area contributed by atoms with Crippen molar-refractivity contribution >= 4 is 18.3 Å².